The van der Waals surface area contributed by atoms with Crippen LogP contribution in [0.3, 0.4) is 0 Å². The number of hydrogen-bond acceptors (Lipinski definition) is 4. The third kappa shape index (κ3) is 4.99. The number of amides is 1. The van der Waals surface area contributed by atoms with Crippen molar-refractivity contribution in [1.29, 1.82) is 0 Å². The highest BCUT2D eigenvalue weighted by Crippen LogP contribution is 2.21. The number of anilines is 1. The molecule has 1 amide bonds. The van der Waals surface area contributed by atoms with E-state index in [9.17, 15) is 14.0 Å². The van der Waals surface area contributed by atoms with Crippen LogP contribution in [0.1, 0.15) is 31.1 Å². The van der Waals surface area contributed by atoms with Gasteiger partial charge in [-0.15, -0.1) is 12.4 Å². The van der Waals surface area contributed by atoms with Crippen LogP contribution in [-0.2, 0) is 9.53 Å². The second kappa shape index (κ2) is 7.38. The van der Waals surface area contributed by atoms with E-state index in [2.05, 4.69) is 10.1 Å². The topological polar surface area (TPSA) is 81.4 Å². The first kappa shape index (κ1) is 19.3. The van der Waals surface area contributed by atoms with Crippen molar-refractivity contribution in [3.8, 4) is 0 Å². The fraction of sp³-hybridized carbons (Fsp3) is 0.429. The van der Waals surface area contributed by atoms with Crippen molar-refractivity contribution < 1.29 is 18.7 Å². The number of carbonyl (C=O) groups excluding carboxylic acids is 2. The van der Waals surface area contributed by atoms with E-state index in [1.54, 1.807) is 20.8 Å². The van der Waals surface area contributed by atoms with E-state index >= 15 is 0 Å². The summed E-state index contributed by atoms with van der Waals surface area (Å²) in [6.07, 6.45) is 0. The molecule has 0 aliphatic rings. The van der Waals surface area contributed by atoms with Crippen molar-refractivity contribution in [3.63, 3.8) is 0 Å². The average Bonchev–Trinajstić information content (AvgIpc) is 2.38. The molecule has 0 aromatic heterocycles. The molecule has 0 spiro atoms. The third-order valence-electron chi connectivity index (χ3n) is 2.86. The molecule has 0 heterocycles. The zero-order chi connectivity index (χ0) is 15.5. The summed E-state index contributed by atoms with van der Waals surface area (Å²) in [6, 6.07) is 2.78. The maximum atomic E-state index is 13.6. The van der Waals surface area contributed by atoms with Gasteiger partial charge in [0.2, 0.25) is 5.91 Å². The van der Waals surface area contributed by atoms with Crippen LogP contribution in [0.15, 0.2) is 18.2 Å². The highest BCUT2D eigenvalue weighted by molar-refractivity contribution is 5.97. The first-order chi connectivity index (χ1) is 9.16. The van der Waals surface area contributed by atoms with E-state index in [0.29, 0.717) is 0 Å². The molecular formula is C14H20ClFN2O3. The Balaban J connectivity index is 0.00000400. The van der Waals surface area contributed by atoms with Gasteiger partial charge in [-0.25, -0.2) is 9.18 Å². The van der Waals surface area contributed by atoms with E-state index in [1.165, 1.54) is 19.2 Å². The number of methoxy groups -OCH3 is 1. The Morgan fingerprint density at radius 1 is 1.33 bits per heavy atom. The minimum absolute atomic E-state index is 0. The first-order valence-electron chi connectivity index (χ1n) is 6.11. The van der Waals surface area contributed by atoms with Gasteiger partial charge < -0.3 is 15.8 Å². The average molecular weight is 319 g/mol. The van der Waals surface area contributed by atoms with E-state index in [1.807, 2.05) is 0 Å². The van der Waals surface area contributed by atoms with Gasteiger partial charge in [-0.05, 0) is 23.6 Å². The third-order valence-corrected chi connectivity index (χ3v) is 2.86. The van der Waals surface area contributed by atoms with Crippen LogP contribution in [-0.4, -0.2) is 25.0 Å². The van der Waals surface area contributed by atoms with Crippen molar-refractivity contribution in [2.24, 2.45) is 11.1 Å². The molecule has 1 rings (SSSR count). The summed E-state index contributed by atoms with van der Waals surface area (Å²) in [6.45, 7) is 5.41. The zero-order valence-electron chi connectivity index (χ0n) is 12.4. The molecule has 0 unspecified atom stereocenters. The van der Waals surface area contributed by atoms with E-state index in [-0.39, 0.29) is 23.7 Å². The Hall–Kier alpha value is -1.66. The minimum atomic E-state index is -0.802. The van der Waals surface area contributed by atoms with Gasteiger partial charge in [0.15, 0.2) is 0 Å². The van der Waals surface area contributed by atoms with Crippen molar-refractivity contribution in [2.45, 2.75) is 26.8 Å². The Morgan fingerprint density at radius 2 is 1.90 bits per heavy atom. The molecular weight excluding hydrogens is 299 g/mol. The Labute approximate surface area is 129 Å². The number of carbonyl (C=O) groups is 2. The van der Waals surface area contributed by atoms with Crippen LogP contribution >= 0.6 is 12.4 Å². The summed E-state index contributed by atoms with van der Waals surface area (Å²) in [5.74, 6) is -1.77. The molecule has 5 nitrogen and oxygen atoms in total. The molecule has 0 fully saturated rings. The Morgan fingerprint density at radius 3 is 2.38 bits per heavy atom. The lowest BCUT2D eigenvalue weighted by Crippen LogP contribution is -2.45. The molecule has 21 heavy (non-hydrogen) atoms. The van der Waals surface area contributed by atoms with Crippen molar-refractivity contribution in [3.05, 3.63) is 29.6 Å². The first-order valence-corrected chi connectivity index (χ1v) is 6.11. The van der Waals surface area contributed by atoms with Gasteiger partial charge >= 0.3 is 5.97 Å². The van der Waals surface area contributed by atoms with Crippen LogP contribution in [0.2, 0.25) is 0 Å². The molecule has 0 aliphatic heterocycles. The second-order valence-corrected chi connectivity index (χ2v) is 5.52. The summed E-state index contributed by atoms with van der Waals surface area (Å²) >= 11 is 0. The maximum Gasteiger partial charge on any atom is 0.337 e. The van der Waals surface area contributed by atoms with Gasteiger partial charge in [0.05, 0.1) is 24.4 Å². The van der Waals surface area contributed by atoms with E-state index < -0.39 is 29.2 Å². The Kier molecular flexibility index (Phi) is 6.79. The molecule has 0 saturated heterocycles. The monoisotopic (exact) mass is 318 g/mol. The number of esters is 1. The SMILES string of the molecule is COC(=O)c1ccc(F)c(NC(=O)[C@@H](N)C(C)(C)C)c1.Cl. The minimum Gasteiger partial charge on any atom is -0.465 e. The standard InChI is InChI=1S/C14H19FN2O3.ClH/c1-14(2,3)11(16)12(18)17-10-7-8(13(19)20-4)5-6-9(10)15;/h5-7,11H,16H2,1-4H3,(H,17,18);1H/t11-;/m1./s1. The Bertz CT molecular complexity index is 529. The number of halogens is 2. The van der Waals surface area contributed by atoms with Gasteiger partial charge in [-0.3, -0.25) is 4.79 Å². The number of rotatable bonds is 3. The number of benzene rings is 1. The lowest BCUT2D eigenvalue weighted by atomic mass is 9.87. The largest absolute Gasteiger partial charge is 0.465 e. The van der Waals surface area contributed by atoms with Gasteiger partial charge in [0.1, 0.15) is 5.82 Å². The van der Waals surface area contributed by atoms with Crippen molar-refractivity contribution in [2.75, 3.05) is 12.4 Å². The van der Waals surface area contributed by atoms with Crippen molar-refractivity contribution in [1.82, 2.24) is 0 Å². The molecule has 1 aromatic rings. The normalized spacial score (nSPS) is 12.1. The lowest BCUT2D eigenvalue weighted by molar-refractivity contribution is -0.119. The molecule has 1 atom stereocenters. The highest BCUT2D eigenvalue weighted by Gasteiger charge is 2.28. The van der Waals surface area contributed by atoms with E-state index in [4.69, 9.17) is 5.73 Å². The summed E-state index contributed by atoms with van der Waals surface area (Å²) < 4.78 is 18.2. The summed E-state index contributed by atoms with van der Waals surface area (Å²) in [5, 5.41) is 2.39. The van der Waals surface area contributed by atoms with Crippen LogP contribution in [0.4, 0.5) is 10.1 Å². The second-order valence-electron chi connectivity index (χ2n) is 5.52. The smallest absolute Gasteiger partial charge is 0.337 e. The summed E-state index contributed by atoms with van der Waals surface area (Å²) in [7, 11) is 1.22. The quantitative estimate of drug-likeness (QED) is 0.838. The molecule has 7 heteroatoms. The molecule has 0 saturated carbocycles. The number of hydrogen-bond donors (Lipinski definition) is 2. The van der Waals surface area contributed by atoms with Gasteiger partial charge in [0, 0.05) is 0 Å². The van der Waals surface area contributed by atoms with Crippen LogP contribution in [0.5, 0.6) is 0 Å². The molecule has 0 aliphatic carbocycles. The maximum absolute atomic E-state index is 13.6. The predicted octanol–water partition coefficient (Wildman–Crippen LogP) is 2.35. The number of nitrogens with two attached hydrogens (primary N) is 1. The van der Waals surface area contributed by atoms with Crippen LogP contribution in [0, 0.1) is 11.2 Å². The summed E-state index contributed by atoms with van der Waals surface area (Å²) in [4.78, 5) is 23.3. The van der Waals surface area contributed by atoms with Crippen molar-refractivity contribution >= 4 is 30.0 Å². The van der Waals surface area contributed by atoms with E-state index in [0.717, 1.165) is 6.07 Å². The summed E-state index contributed by atoms with van der Waals surface area (Å²) in [5.41, 5.74) is 5.38. The van der Waals surface area contributed by atoms with Gasteiger partial charge in [-0.1, -0.05) is 20.8 Å². The van der Waals surface area contributed by atoms with Gasteiger partial charge in [-0.2, -0.15) is 0 Å². The fourth-order valence-corrected chi connectivity index (χ4v) is 1.47. The highest BCUT2D eigenvalue weighted by atomic mass is 35.5. The number of ether oxygens (including phenoxy) is 1. The zero-order valence-corrected chi connectivity index (χ0v) is 13.2. The molecule has 118 valence electrons. The lowest BCUT2D eigenvalue weighted by Gasteiger charge is -2.25. The van der Waals surface area contributed by atoms with Crippen LogP contribution in [0.25, 0.3) is 0 Å². The number of nitrogens with one attached hydrogen (secondary N) is 1. The predicted molar refractivity (Wildman–Crippen MR) is 81.0 cm³/mol. The molecule has 0 bridgehead atoms. The molecule has 3 N–H and O–H groups in total. The van der Waals surface area contributed by atoms with Gasteiger partial charge in [0.25, 0.3) is 0 Å². The molecule has 0 radical (unpaired) electrons. The van der Waals surface area contributed by atoms with Crippen LogP contribution < -0.4 is 11.1 Å². The fourth-order valence-electron chi connectivity index (χ4n) is 1.47. The molecule has 1 aromatic carbocycles.